The van der Waals surface area contributed by atoms with E-state index in [1.807, 2.05) is 6.92 Å². The maximum Gasteiger partial charge on any atom is 0.254 e. The van der Waals surface area contributed by atoms with Crippen molar-refractivity contribution >= 4 is 33.4 Å². The van der Waals surface area contributed by atoms with Gasteiger partial charge in [-0.2, -0.15) is 0 Å². The molecule has 0 saturated heterocycles. The van der Waals surface area contributed by atoms with Crippen LogP contribution in [0.1, 0.15) is 23.7 Å². The number of rotatable bonds is 4. The van der Waals surface area contributed by atoms with Gasteiger partial charge in [-0.3, -0.25) is 4.79 Å². The Morgan fingerprint density at radius 1 is 1.81 bits per heavy atom. The van der Waals surface area contributed by atoms with Gasteiger partial charge in [0.25, 0.3) is 5.91 Å². The second-order valence-corrected chi connectivity index (χ2v) is 4.66. The number of carbonyl (C=O) groups is 1. The Balaban J connectivity index is 2.80. The van der Waals surface area contributed by atoms with E-state index >= 15 is 0 Å². The zero-order valence-electron chi connectivity index (χ0n) is 8.84. The van der Waals surface area contributed by atoms with Gasteiger partial charge in [-0.15, -0.1) is 6.58 Å². The van der Waals surface area contributed by atoms with Crippen LogP contribution in [0.25, 0.3) is 0 Å². The third-order valence-electron chi connectivity index (χ3n) is 1.95. The topological polar surface area (TPSA) is 42.0 Å². The maximum absolute atomic E-state index is 11.8. The molecule has 5 heteroatoms. The van der Waals surface area contributed by atoms with E-state index in [2.05, 4.69) is 32.8 Å². The number of amides is 1. The lowest BCUT2D eigenvalue weighted by Gasteiger charge is -2.12. The fraction of sp³-hybridized carbons (Fsp3) is 0.273. The quantitative estimate of drug-likeness (QED) is 0.685. The molecule has 0 bridgehead atoms. The summed E-state index contributed by atoms with van der Waals surface area (Å²) in [5, 5.41) is 3.01. The van der Waals surface area contributed by atoms with E-state index in [0.717, 1.165) is 4.47 Å². The number of aromatic nitrogens is 1. The molecule has 0 aliphatic heterocycles. The molecular formula is C11H12BrClN2O. The molecule has 1 amide bonds. The second-order valence-electron chi connectivity index (χ2n) is 3.39. The fourth-order valence-electron chi connectivity index (χ4n) is 1.19. The van der Waals surface area contributed by atoms with Crippen LogP contribution in [-0.4, -0.2) is 16.9 Å². The summed E-state index contributed by atoms with van der Waals surface area (Å²) in [5.74, 6) is -0.229. The van der Waals surface area contributed by atoms with Crippen LogP contribution in [0.3, 0.4) is 0 Å². The highest BCUT2D eigenvalue weighted by Gasteiger charge is 2.13. The van der Waals surface area contributed by atoms with Crippen LogP contribution < -0.4 is 5.32 Å². The summed E-state index contributed by atoms with van der Waals surface area (Å²) >= 11 is 9.08. The van der Waals surface area contributed by atoms with Gasteiger partial charge >= 0.3 is 0 Å². The van der Waals surface area contributed by atoms with Gasteiger partial charge in [0.05, 0.1) is 5.56 Å². The molecule has 0 radical (unpaired) electrons. The Morgan fingerprint density at radius 3 is 3.12 bits per heavy atom. The lowest BCUT2D eigenvalue weighted by molar-refractivity contribution is 0.0940. The molecule has 0 fully saturated rings. The summed E-state index contributed by atoms with van der Waals surface area (Å²) < 4.78 is 0.721. The molecule has 0 aliphatic carbocycles. The minimum atomic E-state index is -0.229. The minimum absolute atomic E-state index is 0.0278. The molecule has 0 spiro atoms. The highest BCUT2D eigenvalue weighted by Crippen LogP contribution is 2.18. The van der Waals surface area contributed by atoms with Gasteiger partial charge in [0.15, 0.2) is 0 Å². The molecule has 3 nitrogen and oxygen atoms in total. The van der Waals surface area contributed by atoms with Crippen molar-refractivity contribution in [2.75, 3.05) is 0 Å². The summed E-state index contributed by atoms with van der Waals surface area (Å²) in [4.78, 5) is 15.7. The van der Waals surface area contributed by atoms with Crippen molar-refractivity contribution in [3.8, 4) is 0 Å². The third kappa shape index (κ3) is 3.61. The Hall–Kier alpha value is -0.870. The first-order chi connectivity index (χ1) is 7.54. The Kier molecular flexibility index (Phi) is 4.96. The number of nitrogens with zero attached hydrogens (tertiary/aromatic N) is 1. The van der Waals surface area contributed by atoms with Gasteiger partial charge in [0, 0.05) is 16.7 Å². The van der Waals surface area contributed by atoms with E-state index in [4.69, 9.17) is 11.6 Å². The van der Waals surface area contributed by atoms with Crippen LogP contribution in [0.5, 0.6) is 0 Å². The average molecular weight is 304 g/mol. The summed E-state index contributed by atoms with van der Waals surface area (Å²) in [5.41, 5.74) is 0.368. The van der Waals surface area contributed by atoms with Crippen LogP contribution in [0.2, 0.25) is 5.15 Å². The van der Waals surface area contributed by atoms with Crippen LogP contribution in [0.15, 0.2) is 29.4 Å². The smallest absolute Gasteiger partial charge is 0.254 e. The Morgan fingerprint density at radius 2 is 2.50 bits per heavy atom. The van der Waals surface area contributed by atoms with E-state index in [1.165, 1.54) is 0 Å². The Labute approximate surface area is 108 Å². The molecule has 1 N–H and O–H groups in total. The number of nitrogens with one attached hydrogen (secondary N) is 1. The molecule has 1 heterocycles. The highest BCUT2D eigenvalue weighted by atomic mass is 79.9. The number of halogens is 2. The summed E-state index contributed by atoms with van der Waals surface area (Å²) in [7, 11) is 0. The molecule has 1 atom stereocenters. The number of hydrogen-bond acceptors (Lipinski definition) is 2. The second kappa shape index (κ2) is 6.01. The van der Waals surface area contributed by atoms with Gasteiger partial charge in [0.1, 0.15) is 5.15 Å². The molecule has 1 rings (SSSR count). The van der Waals surface area contributed by atoms with Crippen molar-refractivity contribution in [2.45, 2.75) is 19.4 Å². The van der Waals surface area contributed by atoms with Gasteiger partial charge in [-0.05, 0) is 35.3 Å². The normalized spacial score (nSPS) is 11.9. The molecule has 0 saturated carbocycles. The van der Waals surface area contributed by atoms with Crippen LogP contribution in [0.4, 0.5) is 0 Å². The molecule has 86 valence electrons. The van der Waals surface area contributed by atoms with Gasteiger partial charge < -0.3 is 5.32 Å². The molecular weight excluding hydrogens is 291 g/mol. The third-order valence-corrected chi connectivity index (χ3v) is 2.68. The first-order valence-corrected chi connectivity index (χ1v) is 5.94. The zero-order valence-corrected chi connectivity index (χ0v) is 11.2. The van der Waals surface area contributed by atoms with Crippen molar-refractivity contribution in [3.63, 3.8) is 0 Å². The van der Waals surface area contributed by atoms with Crippen LogP contribution >= 0.6 is 27.5 Å². The van der Waals surface area contributed by atoms with Gasteiger partial charge in [-0.1, -0.05) is 17.7 Å². The van der Waals surface area contributed by atoms with Gasteiger partial charge in [-0.25, -0.2) is 4.98 Å². The average Bonchev–Trinajstić information content (AvgIpc) is 2.21. The molecule has 1 aromatic rings. The van der Waals surface area contributed by atoms with Crippen molar-refractivity contribution in [3.05, 3.63) is 40.1 Å². The molecule has 1 aromatic heterocycles. The predicted octanol–water partition coefficient (Wildman–Crippen LogP) is 3.19. The molecule has 0 aliphatic rings. The van der Waals surface area contributed by atoms with E-state index in [1.54, 1.807) is 18.3 Å². The zero-order chi connectivity index (χ0) is 12.1. The molecule has 16 heavy (non-hydrogen) atoms. The summed E-state index contributed by atoms with van der Waals surface area (Å²) in [6.45, 7) is 5.52. The monoisotopic (exact) mass is 302 g/mol. The van der Waals surface area contributed by atoms with Gasteiger partial charge in [0.2, 0.25) is 0 Å². The first kappa shape index (κ1) is 13.2. The summed E-state index contributed by atoms with van der Waals surface area (Å²) in [6.07, 6.45) is 4.02. The van der Waals surface area contributed by atoms with Crippen molar-refractivity contribution in [2.24, 2.45) is 0 Å². The highest BCUT2D eigenvalue weighted by molar-refractivity contribution is 9.10. The van der Waals surface area contributed by atoms with E-state index in [9.17, 15) is 4.79 Å². The minimum Gasteiger partial charge on any atom is -0.349 e. The van der Waals surface area contributed by atoms with Crippen LogP contribution in [0, 0.1) is 0 Å². The number of carbonyl (C=O) groups excluding carboxylic acids is 1. The van der Waals surface area contributed by atoms with Crippen molar-refractivity contribution in [1.29, 1.82) is 0 Å². The lowest BCUT2D eigenvalue weighted by atomic mass is 10.2. The van der Waals surface area contributed by atoms with Crippen molar-refractivity contribution in [1.82, 2.24) is 10.3 Å². The predicted molar refractivity (Wildman–Crippen MR) is 68.7 cm³/mol. The Bertz CT molecular complexity index is 409. The maximum atomic E-state index is 11.8. The molecule has 0 aromatic carbocycles. The molecule has 1 unspecified atom stereocenters. The van der Waals surface area contributed by atoms with E-state index < -0.39 is 0 Å². The number of pyridine rings is 1. The fourth-order valence-corrected chi connectivity index (χ4v) is 1.71. The number of hydrogen-bond donors (Lipinski definition) is 1. The standard InChI is InChI=1S/C11H12BrClN2O/c1-3-4-7(2)15-11(16)9-5-8(12)6-14-10(9)13/h3,5-7H,1,4H2,2H3,(H,15,16). The van der Waals surface area contributed by atoms with Crippen LogP contribution in [-0.2, 0) is 0 Å². The lowest BCUT2D eigenvalue weighted by Crippen LogP contribution is -2.32. The van der Waals surface area contributed by atoms with E-state index in [-0.39, 0.29) is 17.1 Å². The van der Waals surface area contributed by atoms with E-state index in [0.29, 0.717) is 12.0 Å². The SMILES string of the molecule is C=CCC(C)NC(=O)c1cc(Br)cnc1Cl. The first-order valence-electron chi connectivity index (χ1n) is 4.77. The largest absolute Gasteiger partial charge is 0.349 e. The van der Waals surface area contributed by atoms with Crippen molar-refractivity contribution < 1.29 is 4.79 Å². The summed E-state index contributed by atoms with van der Waals surface area (Å²) in [6, 6.07) is 1.67.